The second-order valence-electron chi connectivity index (χ2n) is 7.16. The zero-order valence-corrected chi connectivity index (χ0v) is 12.2. The van der Waals surface area contributed by atoms with E-state index in [1.165, 1.54) is 0 Å². The Bertz CT molecular complexity index is 343. The minimum atomic E-state index is -0.544. The molecule has 0 spiro atoms. The van der Waals surface area contributed by atoms with Crippen molar-refractivity contribution in [3.05, 3.63) is 11.6 Å². The molecule has 2 heteroatoms. The Balaban J connectivity index is 2.41. The summed E-state index contributed by atoms with van der Waals surface area (Å²) in [6, 6.07) is 0. The van der Waals surface area contributed by atoms with E-state index in [1.54, 1.807) is 0 Å². The molecule has 0 aliphatic heterocycles. The van der Waals surface area contributed by atoms with Crippen LogP contribution in [0.15, 0.2) is 11.6 Å². The summed E-state index contributed by atoms with van der Waals surface area (Å²) in [4.78, 5) is 0. The first-order chi connectivity index (χ1) is 8.31. The molecule has 0 amide bonds. The quantitative estimate of drug-likeness (QED) is 0.741. The number of hydrogen-bond acceptors (Lipinski definition) is 2. The lowest BCUT2D eigenvalue weighted by molar-refractivity contribution is -0.119. The Morgan fingerprint density at radius 3 is 2.56 bits per heavy atom. The van der Waals surface area contributed by atoms with E-state index in [2.05, 4.69) is 26.8 Å². The summed E-state index contributed by atoms with van der Waals surface area (Å²) >= 11 is 0. The molecule has 0 radical (unpaired) electrons. The average molecular weight is 252 g/mol. The summed E-state index contributed by atoms with van der Waals surface area (Å²) in [5, 5.41) is 20.1. The van der Waals surface area contributed by atoms with Crippen LogP contribution in [0.2, 0.25) is 0 Å². The Morgan fingerprint density at radius 1 is 1.33 bits per heavy atom. The fraction of sp³-hybridized carbons (Fsp3) is 0.875. The van der Waals surface area contributed by atoms with Gasteiger partial charge in [-0.15, -0.1) is 0 Å². The molecular formula is C16H28O2. The number of rotatable bonds is 2. The number of allylic oxidation sites excluding steroid dienone is 1. The summed E-state index contributed by atoms with van der Waals surface area (Å²) in [5.74, 6) is 1.58. The lowest BCUT2D eigenvalue weighted by Crippen LogP contribution is -2.54. The highest BCUT2D eigenvalue weighted by molar-refractivity contribution is 5.21. The van der Waals surface area contributed by atoms with E-state index in [1.807, 2.05) is 6.92 Å². The first-order valence-electron chi connectivity index (χ1n) is 7.35. The van der Waals surface area contributed by atoms with Gasteiger partial charge in [-0.2, -0.15) is 0 Å². The number of aliphatic hydroxyl groups is 2. The summed E-state index contributed by atoms with van der Waals surface area (Å²) in [6.07, 6.45) is 6.25. The van der Waals surface area contributed by atoms with Crippen molar-refractivity contribution in [2.24, 2.45) is 23.2 Å². The van der Waals surface area contributed by atoms with E-state index in [0.717, 1.165) is 31.3 Å². The van der Waals surface area contributed by atoms with Gasteiger partial charge in [0, 0.05) is 0 Å². The molecule has 0 heterocycles. The van der Waals surface area contributed by atoms with E-state index < -0.39 is 5.60 Å². The molecule has 2 rings (SSSR count). The summed E-state index contributed by atoms with van der Waals surface area (Å²) in [7, 11) is 0. The standard InChI is InChI=1S/C16H28O2/c1-11(2)13-7-8-16(4,18)14-6-5-12(10-17)9-15(13,14)3/h9,11,13-14,17-18H,5-8,10H2,1-4H3/t13-,14-,15-,16-/m0/s1. The summed E-state index contributed by atoms with van der Waals surface area (Å²) in [6.45, 7) is 9.05. The summed E-state index contributed by atoms with van der Waals surface area (Å²) in [5.41, 5.74) is 0.668. The van der Waals surface area contributed by atoms with Crippen molar-refractivity contribution >= 4 is 0 Å². The minimum Gasteiger partial charge on any atom is -0.392 e. The fourth-order valence-electron chi connectivity index (χ4n) is 4.71. The zero-order chi connectivity index (χ0) is 13.6. The first kappa shape index (κ1) is 14.1. The maximum atomic E-state index is 10.7. The van der Waals surface area contributed by atoms with Gasteiger partial charge >= 0.3 is 0 Å². The highest BCUT2D eigenvalue weighted by atomic mass is 16.3. The number of fused-ring (bicyclic) bond motifs is 1. The van der Waals surface area contributed by atoms with Gasteiger partial charge in [-0.3, -0.25) is 0 Å². The minimum absolute atomic E-state index is 0.0478. The molecule has 1 fully saturated rings. The molecule has 104 valence electrons. The molecule has 18 heavy (non-hydrogen) atoms. The monoisotopic (exact) mass is 252 g/mol. The van der Waals surface area contributed by atoms with Crippen molar-refractivity contribution in [1.82, 2.24) is 0 Å². The Kier molecular flexibility index (Phi) is 3.63. The topological polar surface area (TPSA) is 40.5 Å². The Labute approximate surface area is 111 Å². The van der Waals surface area contributed by atoms with Crippen molar-refractivity contribution in [3.63, 3.8) is 0 Å². The SMILES string of the molecule is CC(C)[C@@H]1CC[C@](C)(O)[C@H]2CCC(CO)=C[C@@]12C. The van der Waals surface area contributed by atoms with E-state index >= 15 is 0 Å². The van der Waals surface area contributed by atoms with Gasteiger partial charge in [0.15, 0.2) is 0 Å². The van der Waals surface area contributed by atoms with Gasteiger partial charge in [0.1, 0.15) is 0 Å². The lowest BCUT2D eigenvalue weighted by Gasteiger charge is -2.56. The average Bonchev–Trinajstić information content (AvgIpc) is 2.26. The molecule has 0 aromatic carbocycles. The van der Waals surface area contributed by atoms with Gasteiger partial charge in [-0.1, -0.05) is 26.8 Å². The van der Waals surface area contributed by atoms with Gasteiger partial charge in [0.05, 0.1) is 12.2 Å². The van der Waals surface area contributed by atoms with Gasteiger partial charge < -0.3 is 10.2 Å². The predicted molar refractivity (Wildman–Crippen MR) is 74.2 cm³/mol. The second kappa shape index (κ2) is 4.64. The lowest BCUT2D eigenvalue weighted by atomic mass is 9.50. The maximum absolute atomic E-state index is 10.7. The molecule has 2 aliphatic rings. The maximum Gasteiger partial charge on any atom is 0.0656 e. The van der Waals surface area contributed by atoms with Crippen molar-refractivity contribution in [3.8, 4) is 0 Å². The van der Waals surface area contributed by atoms with Crippen LogP contribution in [0, 0.1) is 23.2 Å². The van der Waals surface area contributed by atoms with Gasteiger partial charge in [0.2, 0.25) is 0 Å². The molecule has 4 atom stereocenters. The Morgan fingerprint density at radius 2 is 2.00 bits per heavy atom. The van der Waals surface area contributed by atoms with Crippen molar-refractivity contribution in [2.45, 2.75) is 59.0 Å². The third-order valence-corrected chi connectivity index (χ3v) is 5.54. The first-order valence-corrected chi connectivity index (χ1v) is 7.35. The van der Waals surface area contributed by atoms with E-state index in [-0.39, 0.29) is 12.0 Å². The van der Waals surface area contributed by atoms with Crippen LogP contribution in [0.1, 0.15) is 53.4 Å². The molecule has 1 saturated carbocycles. The van der Waals surface area contributed by atoms with Gasteiger partial charge in [0.25, 0.3) is 0 Å². The predicted octanol–water partition coefficient (Wildman–Crippen LogP) is 3.14. The van der Waals surface area contributed by atoms with Crippen LogP contribution in [-0.2, 0) is 0 Å². The number of aliphatic hydroxyl groups excluding tert-OH is 1. The van der Waals surface area contributed by atoms with Gasteiger partial charge in [-0.05, 0) is 61.3 Å². The molecule has 2 N–H and O–H groups in total. The van der Waals surface area contributed by atoms with Crippen LogP contribution in [0.25, 0.3) is 0 Å². The van der Waals surface area contributed by atoms with Crippen LogP contribution >= 0.6 is 0 Å². The van der Waals surface area contributed by atoms with Crippen LogP contribution < -0.4 is 0 Å². The van der Waals surface area contributed by atoms with E-state index in [0.29, 0.717) is 17.8 Å². The molecule has 2 nitrogen and oxygen atoms in total. The molecule has 0 saturated heterocycles. The van der Waals surface area contributed by atoms with Gasteiger partial charge in [-0.25, -0.2) is 0 Å². The third kappa shape index (κ3) is 2.14. The third-order valence-electron chi connectivity index (χ3n) is 5.54. The van der Waals surface area contributed by atoms with Crippen molar-refractivity contribution in [1.29, 1.82) is 0 Å². The van der Waals surface area contributed by atoms with Crippen LogP contribution in [0.5, 0.6) is 0 Å². The fourth-order valence-corrected chi connectivity index (χ4v) is 4.71. The van der Waals surface area contributed by atoms with E-state index in [4.69, 9.17) is 0 Å². The van der Waals surface area contributed by atoms with Crippen LogP contribution in [0.4, 0.5) is 0 Å². The molecule has 0 unspecified atom stereocenters. The van der Waals surface area contributed by atoms with Crippen LogP contribution in [0.3, 0.4) is 0 Å². The Hall–Kier alpha value is -0.340. The van der Waals surface area contributed by atoms with E-state index in [9.17, 15) is 10.2 Å². The van der Waals surface area contributed by atoms with Crippen molar-refractivity contribution < 1.29 is 10.2 Å². The highest BCUT2D eigenvalue weighted by Gasteiger charge is 2.53. The molecule has 0 aromatic heterocycles. The van der Waals surface area contributed by atoms with Crippen molar-refractivity contribution in [2.75, 3.05) is 6.61 Å². The largest absolute Gasteiger partial charge is 0.392 e. The summed E-state index contributed by atoms with van der Waals surface area (Å²) < 4.78 is 0. The molecular weight excluding hydrogens is 224 g/mol. The van der Waals surface area contributed by atoms with Crippen LogP contribution in [-0.4, -0.2) is 22.4 Å². The zero-order valence-electron chi connectivity index (χ0n) is 12.2. The molecule has 0 aromatic rings. The number of hydrogen-bond donors (Lipinski definition) is 2. The smallest absolute Gasteiger partial charge is 0.0656 e. The molecule has 0 bridgehead atoms. The normalized spacial score (nSPS) is 44.7. The second-order valence-corrected chi connectivity index (χ2v) is 7.16. The highest BCUT2D eigenvalue weighted by Crippen LogP contribution is 2.57. The molecule has 2 aliphatic carbocycles.